The summed E-state index contributed by atoms with van der Waals surface area (Å²) in [5.41, 5.74) is 0.159. The van der Waals surface area contributed by atoms with Gasteiger partial charge in [0.1, 0.15) is 0 Å². The maximum Gasteiger partial charge on any atom is 0.328 e. The van der Waals surface area contributed by atoms with Crippen molar-refractivity contribution in [2.24, 2.45) is 5.41 Å². The zero-order chi connectivity index (χ0) is 10.8. The van der Waals surface area contributed by atoms with E-state index in [-0.39, 0.29) is 11.3 Å². The molecule has 1 rings (SSSR count). The molecule has 1 fully saturated rings. The number of carbonyl (C=O) groups is 2. The Kier molecular flexibility index (Phi) is 2.93. The SMILES string of the molecule is CC1(C)CCN(C(=O)C=CC(=O)O)C1. The highest BCUT2D eigenvalue weighted by Gasteiger charge is 2.30. The van der Waals surface area contributed by atoms with Gasteiger partial charge in [0.15, 0.2) is 0 Å². The first-order chi connectivity index (χ1) is 6.41. The van der Waals surface area contributed by atoms with Gasteiger partial charge in [0.2, 0.25) is 5.91 Å². The van der Waals surface area contributed by atoms with Crippen LogP contribution in [0.25, 0.3) is 0 Å². The van der Waals surface area contributed by atoms with Crippen LogP contribution in [0.15, 0.2) is 12.2 Å². The minimum Gasteiger partial charge on any atom is -0.478 e. The van der Waals surface area contributed by atoms with Crippen molar-refractivity contribution in [3.63, 3.8) is 0 Å². The maximum absolute atomic E-state index is 11.4. The Labute approximate surface area is 83.2 Å². The number of carbonyl (C=O) groups excluding carboxylic acids is 1. The second-order valence-electron chi connectivity index (χ2n) is 4.35. The van der Waals surface area contributed by atoms with Crippen molar-refractivity contribution in [3.8, 4) is 0 Å². The Balaban J connectivity index is 2.52. The van der Waals surface area contributed by atoms with Gasteiger partial charge in [0.25, 0.3) is 0 Å². The fraction of sp³-hybridized carbons (Fsp3) is 0.600. The van der Waals surface area contributed by atoms with Gasteiger partial charge in [-0.2, -0.15) is 0 Å². The van der Waals surface area contributed by atoms with Gasteiger partial charge in [-0.05, 0) is 11.8 Å². The molecule has 0 aliphatic carbocycles. The molecule has 1 aliphatic rings. The Morgan fingerprint density at radius 1 is 1.36 bits per heavy atom. The fourth-order valence-corrected chi connectivity index (χ4v) is 1.55. The smallest absolute Gasteiger partial charge is 0.328 e. The maximum atomic E-state index is 11.4. The van der Waals surface area contributed by atoms with E-state index in [2.05, 4.69) is 13.8 Å². The summed E-state index contributed by atoms with van der Waals surface area (Å²) in [5.74, 6) is -1.30. The van der Waals surface area contributed by atoms with Gasteiger partial charge in [0.05, 0.1) is 0 Å². The summed E-state index contributed by atoms with van der Waals surface area (Å²) in [6, 6.07) is 0. The second kappa shape index (κ2) is 3.82. The average molecular weight is 197 g/mol. The predicted molar refractivity (Wildman–Crippen MR) is 51.8 cm³/mol. The standard InChI is InChI=1S/C10H15NO3/c1-10(2)5-6-11(7-10)8(12)3-4-9(13)14/h3-4H,5-7H2,1-2H3,(H,13,14). The molecule has 1 N–H and O–H groups in total. The number of nitrogens with zero attached hydrogens (tertiary/aromatic N) is 1. The third-order valence-corrected chi connectivity index (χ3v) is 2.36. The summed E-state index contributed by atoms with van der Waals surface area (Å²) in [6.45, 7) is 5.62. The average Bonchev–Trinajstić information content (AvgIpc) is 2.41. The molecule has 0 aromatic heterocycles. The summed E-state index contributed by atoms with van der Waals surface area (Å²) in [6.07, 6.45) is 2.97. The molecule has 1 aliphatic heterocycles. The van der Waals surface area contributed by atoms with Crippen molar-refractivity contribution < 1.29 is 14.7 Å². The van der Waals surface area contributed by atoms with Gasteiger partial charge in [-0.15, -0.1) is 0 Å². The lowest BCUT2D eigenvalue weighted by Crippen LogP contribution is -2.28. The van der Waals surface area contributed by atoms with E-state index in [9.17, 15) is 9.59 Å². The number of hydrogen-bond acceptors (Lipinski definition) is 2. The Bertz CT molecular complexity index is 281. The van der Waals surface area contributed by atoms with Crippen LogP contribution in [0.5, 0.6) is 0 Å². The van der Waals surface area contributed by atoms with E-state index in [1.807, 2.05) is 0 Å². The molecule has 0 saturated carbocycles. The van der Waals surface area contributed by atoms with Crippen molar-refractivity contribution in [2.45, 2.75) is 20.3 Å². The summed E-state index contributed by atoms with van der Waals surface area (Å²) >= 11 is 0. The Morgan fingerprint density at radius 2 is 2.00 bits per heavy atom. The second-order valence-corrected chi connectivity index (χ2v) is 4.35. The van der Waals surface area contributed by atoms with Crippen LogP contribution in [-0.2, 0) is 9.59 Å². The molecule has 0 aromatic carbocycles. The largest absolute Gasteiger partial charge is 0.478 e. The molecule has 14 heavy (non-hydrogen) atoms. The molecule has 1 amide bonds. The van der Waals surface area contributed by atoms with Gasteiger partial charge in [-0.1, -0.05) is 13.8 Å². The van der Waals surface area contributed by atoms with E-state index < -0.39 is 5.97 Å². The predicted octanol–water partition coefficient (Wildman–Crippen LogP) is 0.886. The molecule has 0 spiro atoms. The topological polar surface area (TPSA) is 57.6 Å². The molecule has 0 bridgehead atoms. The Hall–Kier alpha value is -1.32. The first-order valence-corrected chi connectivity index (χ1v) is 4.61. The minimum atomic E-state index is -1.09. The lowest BCUT2D eigenvalue weighted by molar-refractivity contribution is -0.132. The van der Waals surface area contributed by atoms with Gasteiger partial charge >= 0.3 is 5.97 Å². The molecule has 0 aromatic rings. The third kappa shape index (κ3) is 2.87. The summed E-state index contributed by atoms with van der Waals surface area (Å²) in [7, 11) is 0. The molecule has 78 valence electrons. The lowest BCUT2D eigenvalue weighted by Gasteiger charge is -2.18. The summed E-state index contributed by atoms with van der Waals surface area (Å²) in [4.78, 5) is 23.3. The van der Waals surface area contributed by atoms with Crippen LogP contribution in [0.1, 0.15) is 20.3 Å². The van der Waals surface area contributed by atoms with E-state index >= 15 is 0 Å². The van der Waals surface area contributed by atoms with Crippen molar-refractivity contribution >= 4 is 11.9 Å². The molecule has 1 saturated heterocycles. The van der Waals surface area contributed by atoms with Crippen LogP contribution >= 0.6 is 0 Å². The van der Waals surface area contributed by atoms with Crippen molar-refractivity contribution in [3.05, 3.63) is 12.2 Å². The van der Waals surface area contributed by atoms with Gasteiger partial charge < -0.3 is 10.0 Å². The highest BCUT2D eigenvalue weighted by atomic mass is 16.4. The first-order valence-electron chi connectivity index (χ1n) is 4.61. The number of carboxylic acids is 1. The van der Waals surface area contributed by atoms with Crippen LogP contribution in [0.3, 0.4) is 0 Å². The monoisotopic (exact) mass is 197 g/mol. The number of rotatable bonds is 2. The fourth-order valence-electron chi connectivity index (χ4n) is 1.55. The lowest BCUT2D eigenvalue weighted by atomic mass is 9.93. The quantitative estimate of drug-likeness (QED) is 0.669. The molecule has 4 heteroatoms. The van der Waals surface area contributed by atoms with Crippen LogP contribution in [0.2, 0.25) is 0 Å². The molecule has 4 nitrogen and oxygen atoms in total. The van der Waals surface area contributed by atoms with Crippen LogP contribution in [-0.4, -0.2) is 35.0 Å². The zero-order valence-corrected chi connectivity index (χ0v) is 8.49. The van der Waals surface area contributed by atoms with E-state index in [0.717, 1.165) is 25.1 Å². The van der Waals surface area contributed by atoms with Gasteiger partial charge in [-0.3, -0.25) is 4.79 Å². The van der Waals surface area contributed by atoms with Crippen LogP contribution in [0, 0.1) is 5.41 Å². The molecule has 0 unspecified atom stereocenters. The van der Waals surface area contributed by atoms with Crippen molar-refractivity contribution in [1.29, 1.82) is 0 Å². The first kappa shape index (κ1) is 10.8. The number of carboxylic acid groups (broad SMARTS) is 1. The molecular formula is C10H15NO3. The van der Waals surface area contributed by atoms with Crippen molar-refractivity contribution in [2.75, 3.05) is 13.1 Å². The van der Waals surface area contributed by atoms with Gasteiger partial charge in [0, 0.05) is 25.2 Å². The van der Waals surface area contributed by atoms with E-state index in [1.165, 1.54) is 0 Å². The van der Waals surface area contributed by atoms with Crippen LogP contribution in [0.4, 0.5) is 0 Å². The van der Waals surface area contributed by atoms with Gasteiger partial charge in [-0.25, -0.2) is 4.79 Å². The molecule has 0 radical (unpaired) electrons. The molecule has 0 atom stereocenters. The highest BCUT2D eigenvalue weighted by Crippen LogP contribution is 2.28. The summed E-state index contributed by atoms with van der Waals surface area (Å²) < 4.78 is 0. The minimum absolute atomic E-state index is 0.159. The Morgan fingerprint density at radius 3 is 2.43 bits per heavy atom. The normalized spacial score (nSPS) is 20.3. The number of amides is 1. The van der Waals surface area contributed by atoms with Crippen molar-refractivity contribution in [1.82, 2.24) is 4.90 Å². The van der Waals surface area contributed by atoms with E-state index in [4.69, 9.17) is 5.11 Å². The third-order valence-electron chi connectivity index (χ3n) is 2.36. The molecule has 1 heterocycles. The zero-order valence-electron chi connectivity index (χ0n) is 8.49. The summed E-state index contributed by atoms with van der Waals surface area (Å²) in [5, 5.41) is 8.35. The van der Waals surface area contributed by atoms with E-state index in [1.54, 1.807) is 4.90 Å². The molecular weight excluding hydrogens is 182 g/mol. The number of hydrogen-bond donors (Lipinski definition) is 1. The number of aliphatic carboxylic acids is 1. The number of likely N-dealkylation sites (tertiary alicyclic amines) is 1. The van der Waals surface area contributed by atoms with E-state index in [0.29, 0.717) is 6.54 Å². The van der Waals surface area contributed by atoms with Crippen LogP contribution < -0.4 is 0 Å². The highest BCUT2D eigenvalue weighted by molar-refractivity contribution is 5.94.